The summed E-state index contributed by atoms with van der Waals surface area (Å²) < 4.78 is 1.93. The third kappa shape index (κ3) is 3.99. The van der Waals surface area contributed by atoms with Gasteiger partial charge in [0.25, 0.3) is 0 Å². The van der Waals surface area contributed by atoms with Crippen LogP contribution in [0.1, 0.15) is 50.9 Å². The van der Waals surface area contributed by atoms with Gasteiger partial charge < -0.3 is 10.0 Å². The molecule has 0 spiro atoms. The Kier molecular flexibility index (Phi) is 5.69. The summed E-state index contributed by atoms with van der Waals surface area (Å²) in [5.41, 5.74) is 1.20. The molecule has 2 rings (SSSR count). The summed E-state index contributed by atoms with van der Waals surface area (Å²) in [5, 5.41) is 16.2. The zero-order valence-corrected chi connectivity index (χ0v) is 14.3. The van der Waals surface area contributed by atoms with Gasteiger partial charge in [-0.25, -0.2) is 0 Å². The first-order valence-electron chi connectivity index (χ1n) is 8.15. The SMILES string of the molecule is CCCN1CCCC(O)(Cc2c(Cl)c(C)nn2CC)CC1. The predicted octanol–water partition coefficient (Wildman–Crippen LogP) is 3.03. The summed E-state index contributed by atoms with van der Waals surface area (Å²) in [6.45, 7) is 10.2. The highest BCUT2D eigenvalue weighted by Gasteiger charge is 2.32. The minimum Gasteiger partial charge on any atom is -0.389 e. The van der Waals surface area contributed by atoms with Crippen molar-refractivity contribution in [3.63, 3.8) is 0 Å². The van der Waals surface area contributed by atoms with Crippen molar-refractivity contribution >= 4 is 11.6 Å². The molecule has 0 aromatic carbocycles. The van der Waals surface area contributed by atoms with E-state index in [1.807, 2.05) is 11.6 Å². The van der Waals surface area contributed by atoms with E-state index in [9.17, 15) is 5.11 Å². The van der Waals surface area contributed by atoms with Gasteiger partial charge in [0.15, 0.2) is 0 Å². The van der Waals surface area contributed by atoms with Crippen molar-refractivity contribution in [2.45, 2.75) is 65.0 Å². The van der Waals surface area contributed by atoms with Gasteiger partial charge in [0.05, 0.1) is 22.0 Å². The predicted molar refractivity (Wildman–Crippen MR) is 86.9 cm³/mol. The maximum Gasteiger partial charge on any atom is 0.0848 e. The Morgan fingerprint density at radius 1 is 1.29 bits per heavy atom. The van der Waals surface area contributed by atoms with E-state index in [1.54, 1.807) is 0 Å². The molecule has 1 aliphatic heterocycles. The first-order chi connectivity index (χ1) is 9.99. The molecule has 21 heavy (non-hydrogen) atoms. The first kappa shape index (κ1) is 16.8. The Hall–Kier alpha value is -0.580. The van der Waals surface area contributed by atoms with Crippen LogP contribution in [0.5, 0.6) is 0 Å². The van der Waals surface area contributed by atoms with Crippen LogP contribution >= 0.6 is 11.6 Å². The average molecular weight is 314 g/mol. The quantitative estimate of drug-likeness (QED) is 0.908. The molecule has 1 aliphatic rings. The number of aliphatic hydroxyl groups is 1. The second-order valence-electron chi connectivity index (χ2n) is 6.26. The van der Waals surface area contributed by atoms with Crippen LogP contribution in [0.25, 0.3) is 0 Å². The highest BCUT2D eigenvalue weighted by molar-refractivity contribution is 6.31. The Balaban J connectivity index is 2.11. The molecule has 0 radical (unpaired) electrons. The van der Waals surface area contributed by atoms with Crippen LogP contribution in [0.2, 0.25) is 5.02 Å². The van der Waals surface area contributed by atoms with Crippen LogP contribution in [-0.4, -0.2) is 45.0 Å². The van der Waals surface area contributed by atoms with Gasteiger partial charge in [-0.3, -0.25) is 4.68 Å². The lowest BCUT2D eigenvalue weighted by atomic mass is 9.89. The summed E-state index contributed by atoms with van der Waals surface area (Å²) in [6, 6.07) is 0. The van der Waals surface area contributed by atoms with Gasteiger partial charge in [-0.2, -0.15) is 5.10 Å². The lowest BCUT2D eigenvalue weighted by Crippen LogP contribution is -2.34. The Bertz CT molecular complexity index is 474. The van der Waals surface area contributed by atoms with Crippen molar-refractivity contribution in [1.29, 1.82) is 0 Å². The Labute approximate surface area is 133 Å². The second-order valence-corrected chi connectivity index (χ2v) is 6.64. The average Bonchev–Trinajstić information content (AvgIpc) is 2.62. The normalized spacial score (nSPS) is 24.2. The number of nitrogens with zero attached hydrogens (tertiary/aromatic N) is 3. The molecule has 1 aromatic rings. The molecule has 0 bridgehead atoms. The van der Waals surface area contributed by atoms with Gasteiger partial charge in [0, 0.05) is 19.5 Å². The van der Waals surface area contributed by atoms with E-state index in [0.29, 0.717) is 6.42 Å². The fourth-order valence-corrected chi connectivity index (χ4v) is 3.50. The zero-order chi connectivity index (χ0) is 15.5. The van der Waals surface area contributed by atoms with Crippen molar-refractivity contribution in [3.05, 3.63) is 16.4 Å². The van der Waals surface area contributed by atoms with Crippen LogP contribution < -0.4 is 0 Å². The molecular formula is C16H28ClN3O. The van der Waals surface area contributed by atoms with Crippen LogP contribution in [0.3, 0.4) is 0 Å². The van der Waals surface area contributed by atoms with Gasteiger partial charge in [-0.05, 0) is 52.6 Å². The van der Waals surface area contributed by atoms with Crippen molar-refractivity contribution in [1.82, 2.24) is 14.7 Å². The minimum atomic E-state index is -0.647. The standard InChI is InChI=1S/C16H28ClN3O/c1-4-9-19-10-6-7-16(21,8-11-19)12-14-15(17)13(3)18-20(14)5-2/h21H,4-12H2,1-3H3. The molecule has 1 fully saturated rings. The van der Waals surface area contributed by atoms with E-state index in [-0.39, 0.29) is 0 Å². The highest BCUT2D eigenvalue weighted by Crippen LogP contribution is 2.30. The molecule has 5 heteroatoms. The third-order valence-corrected chi connectivity index (χ3v) is 4.99. The van der Waals surface area contributed by atoms with Crippen LogP contribution in [0.4, 0.5) is 0 Å². The van der Waals surface area contributed by atoms with Crippen molar-refractivity contribution in [3.8, 4) is 0 Å². The molecular weight excluding hydrogens is 286 g/mol. The summed E-state index contributed by atoms with van der Waals surface area (Å²) in [5.74, 6) is 0. The summed E-state index contributed by atoms with van der Waals surface area (Å²) in [7, 11) is 0. The third-order valence-electron chi connectivity index (χ3n) is 4.50. The van der Waals surface area contributed by atoms with Gasteiger partial charge in [-0.15, -0.1) is 0 Å². The number of rotatable bonds is 5. The highest BCUT2D eigenvalue weighted by atomic mass is 35.5. The number of halogens is 1. The molecule has 120 valence electrons. The van der Waals surface area contributed by atoms with Gasteiger partial charge >= 0.3 is 0 Å². The summed E-state index contributed by atoms with van der Waals surface area (Å²) in [4.78, 5) is 2.46. The number of hydrogen-bond acceptors (Lipinski definition) is 3. The van der Waals surface area contributed by atoms with E-state index in [2.05, 4.69) is 23.8 Å². The maximum atomic E-state index is 11.0. The smallest absolute Gasteiger partial charge is 0.0848 e. The summed E-state index contributed by atoms with van der Waals surface area (Å²) >= 11 is 6.39. The molecule has 0 aliphatic carbocycles. The van der Waals surface area contributed by atoms with E-state index in [4.69, 9.17) is 11.6 Å². The van der Waals surface area contributed by atoms with Crippen molar-refractivity contribution in [2.75, 3.05) is 19.6 Å². The van der Waals surface area contributed by atoms with Crippen LogP contribution in [-0.2, 0) is 13.0 Å². The molecule has 1 unspecified atom stereocenters. The molecule has 0 amide bonds. The maximum absolute atomic E-state index is 11.0. The zero-order valence-electron chi connectivity index (χ0n) is 13.5. The fourth-order valence-electron chi connectivity index (χ4n) is 3.30. The molecule has 1 aromatic heterocycles. The molecule has 0 saturated carbocycles. The number of likely N-dealkylation sites (tertiary alicyclic amines) is 1. The van der Waals surface area contributed by atoms with E-state index >= 15 is 0 Å². The molecule has 2 heterocycles. The Morgan fingerprint density at radius 3 is 2.71 bits per heavy atom. The van der Waals surface area contributed by atoms with Gasteiger partial charge in [-0.1, -0.05) is 18.5 Å². The van der Waals surface area contributed by atoms with E-state index < -0.39 is 5.60 Å². The number of aromatic nitrogens is 2. The topological polar surface area (TPSA) is 41.3 Å². The van der Waals surface area contributed by atoms with Gasteiger partial charge in [0.1, 0.15) is 0 Å². The molecule has 4 nitrogen and oxygen atoms in total. The Morgan fingerprint density at radius 2 is 2.05 bits per heavy atom. The molecule has 1 atom stereocenters. The van der Waals surface area contributed by atoms with Gasteiger partial charge in [0.2, 0.25) is 0 Å². The van der Waals surface area contributed by atoms with Crippen LogP contribution in [0, 0.1) is 6.92 Å². The summed E-state index contributed by atoms with van der Waals surface area (Å²) in [6.07, 6.45) is 4.49. The first-order valence-corrected chi connectivity index (χ1v) is 8.53. The molecule has 1 saturated heterocycles. The molecule has 1 N–H and O–H groups in total. The lowest BCUT2D eigenvalue weighted by molar-refractivity contribution is 0.0238. The number of aryl methyl sites for hydroxylation is 2. The second kappa shape index (κ2) is 7.12. The van der Waals surface area contributed by atoms with Crippen molar-refractivity contribution in [2.24, 2.45) is 0 Å². The largest absolute Gasteiger partial charge is 0.389 e. The van der Waals surface area contributed by atoms with Crippen LogP contribution in [0.15, 0.2) is 0 Å². The lowest BCUT2D eigenvalue weighted by Gasteiger charge is -2.27. The van der Waals surface area contributed by atoms with E-state index in [1.165, 1.54) is 6.42 Å². The van der Waals surface area contributed by atoms with E-state index in [0.717, 1.165) is 61.9 Å². The van der Waals surface area contributed by atoms with Crippen molar-refractivity contribution < 1.29 is 5.11 Å². The fraction of sp³-hybridized carbons (Fsp3) is 0.812. The number of hydrogen-bond donors (Lipinski definition) is 1. The minimum absolute atomic E-state index is 0.612. The monoisotopic (exact) mass is 313 g/mol.